The Labute approximate surface area is 195 Å². The summed E-state index contributed by atoms with van der Waals surface area (Å²) in [7, 11) is 2.02. The van der Waals surface area contributed by atoms with E-state index in [0.717, 1.165) is 28.3 Å². The maximum absolute atomic E-state index is 13.5. The Morgan fingerprint density at radius 2 is 1.94 bits per heavy atom. The normalized spacial score (nSPS) is 13.0. The second-order valence-corrected chi connectivity index (χ2v) is 8.65. The maximum atomic E-state index is 13.5. The first-order valence-electron chi connectivity index (χ1n) is 10.8. The number of thioether (sulfide) groups is 1. The molecule has 0 aliphatic rings. The molecule has 1 unspecified atom stereocenters. The number of benzene rings is 2. The van der Waals surface area contributed by atoms with Crippen LogP contribution in [0.25, 0.3) is 10.9 Å². The molecule has 1 aromatic heterocycles. The quantitative estimate of drug-likeness (QED) is 0.372. The Morgan fingerprint density at radius 3 is 2.59 bits per heavy atom. The molecule has 3 rings (SSSR count). The number of fused-ring (bicyclic) bond motifs is 1. The van der Waals surface area contributed by atoms with Crippen molar-refractivity contribution in [3.63, 3.8) is 0 Å². The topological polar surface area (TPSA) is 38.1 Å². The van der Waals surface area contributed by atoms with Crippen LogP contribution in [0.2, 0.25) is 0 Å². The van der Waals surface area contributed by atoms with Crippen molar-refractivity contribution in [2.24, 2.45) is 0 Å². The minimum atomic E-state index is -0.0991. The van der Waals surface area contributed by atoms with E-state index in [1.807, 2.05) is 81.8 Å². The number of allylic oxidation sites excluding steroid dienone is 3. The van der Waals surface area contributed by atoms with Gasteiger partial charge in [0.15, 0.2) is 0 Å². The average molecular weight is 446 g/mol. The molecule has 0 amide bonds. The molecule has 1 heterocycles. The molecule has 0 N–H and O–H groups in total. The van der Waals surface area contributed by atoms with E-state index in [2.05, 4.69) is 30.6 Å². The van der Waals surface area contributed by atoms with E-state index >= 15 is 0 Å². The lowest BCUT2D eigenvalue weighted by Gasteiger charge is -2.22. The van der Waals surface area contributed by atoms with Gasteiger partial charge in [0.2, 0.25) is 0 Å². The van der Waals surface area contributed by atoms with Gasteiger partial charge in [-0.25, -0.2) is 4.98 Å². The van der Waals surface area contributed by atoms with Gasteiger partial charge in [0.1, 0.15) is 5.82 Å². The van der Waals surface area contributed by atoms with Crippen molar-refractivity contribution in [1.82, 2.24) is 9.55 Å². The number of hydrogen-bond donors (Lipinski definition) is 0. The summed E-state index contributed by atoms with van der Waals surface area (Å²) in [5.74, 6) is 0.713. The Hall–Kier alpha value is -3.05. The molecule has 0 saturated carbocycles. The summed E-state index contributed by atoms with van der Waals surface area (Å²) >= 11 is 1.62. The van der Waals surface area contributed by atoms with E-state index in [9.17, 15) is 4.79 Å². The Morgan fingerprint density at radius 1 is 1.22 bits per heavy atom. The van der Waals surface area contributed by atoms with E-state index in [4.69, 9.17) is 4.98 Å². The van der Waals surface area contributed by atoms with Gasteiger partial charge in [0.05, 0.1) is 16.9 Å². The van der Waals surface area contributed by atoms with Gasteiger partial charge in [-0.15, -0.1) is 11.8 Å². The highest BCUT2D eigenvalue weighted by Gasteiger charge is 2.16. The first-order chi connectivity index (χ1) is 15.4. The Bertz CT molecular complexity index is 1220. The largest absolute Gasteiger partial charge is 0.345 e. The third kappa shape index (κ3) is 5.05. The predicted octanol–water partition coefficient (Wildman–Crippen LogP) is 6.48. The van der Waals surface area contributed by atoms with Crippen molar-refractivity contribution in [3.8, 4) is 0 Å². The summed E-state index contributed by atoms with van der Waals surface area (Å²) in [6, 6.07) is 15.8. The highest BCUT2D eigenvalue weighted by molar-refractivity contribution is 8.02. The average Bonchev–Trinajstić information content (AvgIpc) is 2.81. The molecule has 4 nitrogen and oxygen atoms in total. The highest BCUT2D eigenvalue weighted by atomic mass is 32.2. The Balaban J connectivity index is 2.07. The molecule has 0 radical (unpaired) electrons. The van der Waals surface area contributed by atoms with Crippen LogP contribution < -0.4 is 10.5 Å². The van der Waals surface area contributed by atoms with Crippen molar-refractivity contribution in [1.29, 1.82) is 0 Å². The summed E-state index contributed by atoms with van der Waals surface area (Å²) < 4.78 is 1.78. The van der Waals surface area contributed by atoms with Crippen LogP contribution in [0.5, 0.6) is 0 Å². The van der Waals surface area contributed by atoms with Crippen molar-refractivity contribution in [2.75, 3.05) is 18.2 Å². The molecule has 1 atom stereocenters. The third-order valence-electron chi connectivity index (χ3n) is 5.62. The molecule has 2 aromatic carbocycles. The van der Waals surface area contributed by atoms with Gasteiger partial charge in [-0.3, -0.25) is 9.36 Å². The van der Waals surface area contributed by atoms with Crippen LogP contribution in [-0.2, 0) is 0 Å². The van der Waals surface area contributed by atoms with Crippen LogP contribution in [0.3, 0.4) is 0 Å². The standard InChI is InChI=1S/C27H31N3OS/c1-7-11-23(15-14-19(2)32-6)29(5)24-16-17-26-25(18-24)27(31)30(21(4)28-26)20(3)22-12-9-8-10-13-22/h8-18,20H,2,7H2,1,3-6H3/b15-14-,23-11+. The minimum absolute atomic E-state index is 0.0218. The number of hydrogen-bond acceptors (Lipinski definition) is 4. The maximum Gasteiger partial charge on any atom is 0.262 e. The van der Waals surface area contributed by atoms with Crippen LogP contribution >= 0.6 is 11.8 Å². The summed E-state index contributed by atoms with van der Waals surface area (Å²) in [6.45, 7) is 10.1. The van der Waals surface area contributed by atoms with E-state index < -0.39 is 0 Å². The van der Waals surface area contributed by atoms with E-state index in [1.165, 1.54) is 0 Å². The smallest absolute Gasteiger partial charge is 0.262 e. The van der Waals surface area contributed by atoms with Crippen LogP contribution in [-0.4, -0.2) is 22.9 Å². The summed E-state index contributed by atoms with van der Waals surface area (Å²) in [5, 5.41) is 0.621. The molecule has 0 fully saturated rings. The fourth-order valence-corrected chi connectivity index (χ4v) is 3.97. The zero-order chi connectivity index (χ0) is 23.3. The molecule has 3 aromatic rings. The summed E-state index contributed by atoms with van der Waals surface area (Å²) in [6.07, 6.45) is 9.17. The van der Waals surface area contributed by atoms with Crippen LogP contribution in [0.1, 0.15) is 37.7 Å². The SMILES string of the molecule is C=C(/C=C\C(=C/CC)N(C)c1ccc2nc(C)n(C(C)c3ccccc3)c(=O)c2c1)SC. The molecule has 0 aliphatic heterocycles. The van der Waals surface area contributed by atoms with Crippen LogP contribution in [0, 0.1) is 6.92 Å². The van der Waals surface area contributed by atoms with Crippen molar-refractivity contribution in [3.05, 3.63) is 106 Å². The lowest BCUT2D eigenvalue weighted by atomic mass is 10.1. The minimum Gasteiger partial charge on any atom is -0.345 e. The molecule has 0 saturated heterocycles. The van der Waals surface area contributed by atoms with E-state index in [1.54, 1.807) is 16.3 Å². The van der Waals surface area contributed by atoms with E-state index in [0.29, 0.717) is 16.7 Å². The second-order valence-electron chi connectivity index (χ2n) is 7.72. The lowest BCUT2D eigenvalue weighted by molar-refractivity contribution is 0.588. The fraction of sp³-hybridized carbons (Fsp3) is 0.259. The summed E-state index contributed by atoms with van der Waals surface area (Å²) in [5.41, 5.74) is 3.78. The highest BCUT2D eigenvalue weighted by Crippen LogP contribution is 2.25. The Kier molecular flexibility index (Phi) is 7.75. The van der Waals surface area contributed by atoms with Crippen molar-refractivity contribution >= 4 is 28.4 Å². The lowest BCUT2D eigenvalue weighted by Crippen LogP contribution is -2.27. The fourth-order valence-electron chi connectivity index (χ4n) is 3.76. The molecule has 0 aliphatic carbocycles. The third-order valence-corrected chi connectivity index (χ3v) is 6.28. The van der Waals surface area contributed by atoms with Crippen LogP contribution in [0.15, 0.2) is 88.7 Å². The summed E-state index contributed by atoms with van der Waals surface area (Å²) in [4.78, 5) is 21.4. The van der Waals surface area contributed by atoms with E-state index in [-0.39, 0.29) is 11.6 Å². The molecular weight excluding hydrogens is 414 g/mol. The molecule has 166 valence electrons. The number of rotatable bonds is 8. The zero-order valence-corrected chi connectivity index (χ0v) is 20.3. The number of aromatic nitrogens is 2. The van der Waals surface area contributed by atoms with Gasteiger partial charge < -0.3 is 4.90 Å². The molecule has 0 spiro atoms. The van der Waals surface area contributed by atoms with Gasteiger partial charge in [-0.05, 0) is 67.3 Å². The first-order valence-corrected chi connectivity index (χ1v) is 12.0. The number of likely N-dealkylation sites (N-methyl/N-ethyl adjacent to an activating group) is 1. The van der Waals surface area contributed by atoms with Gasteiger partial charge in [0, 0.05) is 18.4 Å². The molecule has 5 heteroatoms. The number of aryl methyl sites for hydroxylation is 1. The van der Waals surface area contributed by atoms with Gasteiger partial charge in [0.25, 0.3) is 5.56 Å². The number of nitrogens with zero attached hydrogens (tertiary/aromatic N) is 3. The van der Waals surface area contributed by atoms with Gasteiger partial charge in [-0.1, -0.05) is 49.9 Å². The van der Waals surface area contributed by atoms with Crippen molar-refractivity contribution < 1.29 is 0 Å². The zero-order valence-electron chi connectivity index (χ0n) is 19.5. The predicted molar refractivity (Wildman–Crippen MR) is 140 cm³/mol. The van der Waals surface area contributed by atoms with Crippen LogP contribution in [0.4, 0.5) is 5.69 Å². The van der Waals surface area contributed by atoms with Gasteiger partial charge >= 0.3 is 0 Å². The van der Waals surface area contributed by atoms with Gasteiger partial charge in [-0.2, -0.15) is 0 Å². The molecular formula is C27H31N3OS. The number of anilines is 1. The van der Waals surface area contributed by atoms with Crippen molar-refractivity contribution in [2.45, 2.75) is 33.2 Å². The monoisotopic (exact) mass is 445 g/mol. The molecule has 32 heavy (non-hydrogen) atoms. The second kappa shape index (κ2) is 10.5. The molecule has 0 bridgehead atoms. The first kappa shape index (κ1) is 23.6.